The number of hydrogen-bond acceptors (Lipinski definition) is 5. The highest BCUT2D eigenvalue weighted by Gasteiger charge is 1.60. The molecule has 0 aliphatic carbocycles. The largest absolute Gasteiger partial charge is 0.320 e. The van der Waals surface area contributed by atoms with Crippen molar-refractivity contribution in [2.24, 2.45) is 5.90 Å². The molecule has 3 N–H and O–H groups in total. The summed E-state index contributed by atoms with van der Waals surface area (Å²) >= 11 is 0. The van der Waals surface area contributed by atoms with E-state index < -0.39 is 0 Å². The lowest BCUT2D eigenvalue weighted by atomic mass is 10.7. The molecule has 0 amide bonds. The van der Waals surface area contributed by atoms with E-state index in [1.807, 2.05) is 0 Å². The lowest BCUT2D eigenvalue weighted by Crippen LogP contribution is -1.78. The third kappa shape index (κ3) is 3.13. The molecule has 1 aromatic rings. The normalized spacial score (nSPS) is 6.75. The van der Waals surface area contributed by atoms with Crippen molar-refractivity contribution in [1.29, 1.82) is 0 Å². The van der Waals surface area contributed by atoms with Crippen molar-refractivity contribution in [2.75, 3.05) is 0 Å². The van der Waals surface area contributed by atoms with Crippen LogP contribution in [0.4, 0.5) is 0 Å². The minimum Gasteiger partial charge on any atom is -0.320 e. The minimum absolute atomic E-state index is 1.58. The first-order chi connectivity index (χ1) is 4.00. The monoisotopic (exact) mass is 114 g/mol. The van der Waals surface area contributed by atoms with E-state index in [4.69, 9.17) is 5.21 Å². The van der Waals surface area contributed by atoms with Gasteiger partial charge in [0.25, 0.3) is 0 Å². The van der Waals surface area contributed by atoms with Crippen molar-refractivity contribution in [2.45, 2.75) is 0 Å². The molecule has 0 atom stereocenters. The zero-order valence-electron chi connectivity index (χ0n) is 4.10. The van der Waals surface area contributed by atoms with Crippen molar-refractivity contribution in [3.05, 3.63) is 18.5 Å². The van der Waals surface area contributed by atoms with Gasteiger partial charge in [-0.1, -0.05) is 0 Å². The molecule has 0 fully saturated rings. The van der Waals surface area contributed by atoms with Crippen molar-refractivity contribution in [3.8, 4) is 0 Å². The highest BCUT2D eigenvalue weighted by molar-refractivity contribution is 4.69. The van der Waals surface area contributed by atoms with Gasteiger partial charge in [0, 0.05) is 0 Å². The van der Waals surface area contributed by atoms with Crippen LogP contribution in [-0.2, 0) is 0 Å². The van der Waals surface area contributed by atoms with Crippen LogP contribution >= 0.6 is 0 Å². The van der Waals surface area contributed by atoms with Gasteiger partial charge in [0.1, 0.15) is 0 Å². The van der Waals surface area contributed by atoms with E-state index in [2.05, 4.69) is 21.3 Å². The number of nitrogens with two attached hydrogens (primary N) is 1. The number of rotatable bonds is 0. The molecule has 0 radical (unpaired) electrons. The summed E-state index contributed by atoms with van der Waals surface area (Å²) in [5, 5.41) is 16.6. The molecule has 0 spiro atoms. The van der Waals surface area contributed by atoms with Gasteiger partial charge in [0.2, 0.25) is 0 Å². The molecule has 0 aromatic carbocycles. The number of nitrogens with zero attached hydrogens (tertiary/aromatic N) is 3. The average molecular weight is 114 g/mol. The summed E-state index contributed by atoms with van der Waals surface area (Å²) in [6.45, 7) is 0. The zero-order valence-corrected chi connectivity index (χ0v) is 4.10. The van der Waals surface area contributed by atoms with Crippen LogP contribution in [0.1, 0.15) is 0 Å². The molecule has 0 saturated carbocycles. The predicted octanol–water partition coefficient (Wildman–Crippen LogP) is -0.794. The first kappa shape index (κ1) is 6.93. The molecule has 0 bridgehead atoms. The van der Waals surface area contributed by atoms with Crippen molar-refractivity contribution in [3.63, 3.8) is 0 Å². The van der Waals surface area contributed by atoms with E-state index in [-0.39, 0.29) is 0 Å². The van der Waals surface area contributed by atoms with Crippen LogP contribution in [-0.4, -0.2) is 20.6 Å². The molecule has 0 saturated heterocycles. The first-order valence-electron chi connectivity index (χ1n) is 1.84. The van der Waals surface area contributed by atoms with Gasteiger partial charge in [-0.25, -0.2) is 5.90 Å². The molecule has 5 nitrogen and oxygen atoms in total. The van der Waals surface area contributed by atoms with Gasteiger partial charge in [-0.3, -0.25) is 0 Å². The Morgan fingerprint density at radius 2 is 1.62 bits per heavy atom. The molecule has 0 aliphatic rings. The maximum absolute atomic E-state index is 6.50. The van der Waals surface area contributed by atoms with Gasteiger partial charge in [-0.15, -0.1) is 10.2 Å². The smallest absolute Gasteiger partial charge is 0.0529 e. The molecule has 0 aliphatic heterocycles. The summed E-state index contributed by atoms with van der Waals surface area (Å²) in [7, 11) is 0. The van der Waals surface area contributed by atoms with E-state index in [0.29, 0.717) is 0 Å². The second-order valence-electron chi connectivity index (χ2n) is 0.811. The second-order valence-corrected chi connectivity index (χ2v) is 0.811. The predicted molar refractivity (Wildman–Crippen MR) is 25.8 cm³/mol. The number of aromatic nitrogens is 3. The van der Waals surface area contributed by atoms with Gasteiger partial charge in [-0.05, 0) is 11.3 Å². The standard InChI is InChI=1S/C3H3N3.H3NO/c1-2-4-6-5-3-1;1-2/h1-3H;2H,1H2. The third-order valence-electron chi connectivity index (χ3n) is 0.409. The zero-order chi connectivity index (χ0) is 6.24. The van der Waals surface area contributed by atoms with Crippen LogP contribution in [0.2, 0.25) is 0 Å². The Balaban J connectivity index is 0.000000222. The van der Waals surface area contributed by atoms with Crippen molar-refractivity contribution < 1.29 is 5.21 Å². The Kier molecular flexibility index (Phi) is 5.14. The third-order valence-corrected chi connectivity index (χ3v) is 0.409. The summed E-state index contributed by atoms with van der Waals surface area (Å²) in [5.41, 5.74) is 0. The minimum atomic E-state index is 1.58. The van der Waals surface area contributed by atoms with Crippen molar-refractivity contribution >= 4 is 0 Å². The van der Waals surface area contributed by atoms with Crippen LogP contribution in [0.15, 0.2) is 18.5 Å². The molecule has 44 valence electrons. The fourth-order valence-corrected chi connectivity index (χ4v) is 0.205. The summed E-state index contributed by atoms with van der Waals surface area (Å²) in [4.78, 5) is 0. The van der Waals surface area contributed by atoms with E-state index in [9.17, 15) is 0 Å². The van der Waals surface area contributed by atoms with Gasteiger partial charge in [0.15, 0.2) is 0 Å². The average Bonchev–Trinajstić information content (AvgIpc) is 1.96. The van der Waals surface area contributed by atoms with Gasteiger partial charge >= 0.3 is 0 Å². The highest BCUT2D eigenvalue weighted by Crippen LogP contribution is 1.61. The molecular weight excluding hydrogens is 108 g/mol. The van der Waals surface area contributed by atoms with Crippen LogP contribution in [0.5, 0.6) is 0 Å². The van der Waals surface area contributed by atoms with E-state index in [0.717, 1.165) is 0 Å². The van der Waals surface area contributed by atoms with E-state index >= 15 is 0 Å². The Morgan fingerprint density at radius 3 is 1.75 bits per heavy atom. The topological polar surface area (TPSA) is 84.9 Å². The van der Waals surface area contributed by atoms with Gasteiger partial charge < -0.3 is 5.21 Å². The Morgan fingerprint density at radius 1 is 1.12 bits per heavy atom. The molecular formula is C3H6N4O. The summed E-state index contributed by atoms with van der Waals surface area (Å²) in [5.74, 6) is 3.50. The van der Waals surface area contributed by atoms with Crippen LogP contribution in [0.3, 0.4) is 0 Å². The SMILES string of the molecule is NO.c1cnnnc1. The Bertz CT molecular complexity index is 83.2. The summed E-state index contributed by atoms with van der Waals surface area (Å²) in [6.07, 6.45) is 3.15. The first-order valence-corrected chi connectivity index (χ1v) is 1.84. The molecule has 0 unspecified atom stereocenters. The molecule has 1 rings (SSSR count). The Hall–Kier alpha value is -1.07. The highest BCUT2D eigenvalue weighted by atomic mass is 16.4. The van der Waals surface area contributed by atoms with Crippen LogP contribution in [0, 0.1) is 0 Å². The Labute approximate surface area is 46.1 Å². The fraction of sp³-hybridized carbons (Fsp3) is 0. The van der Waals surface area contributed by atoms with Gasteiger partial charge in [-0.2, -0.15) is 0 Å². The fourth-order valence-electron chi connectivity index (χ4n) is 0.205. The molecule has 5 heteroatoms. The quantitative estimate of drug-likeness (QED) is 0.431. The number of hydrogen-bond donors (Lipinski definition) is 2. The van der Waals surface area contributed by atoms with Crippen LogP contribution < -0.4 is 5.90 Å². The maximum atomic E-state index is 6.50. The van der Waals surface area contributed by atoms with Crippen LogP contribution in [0.25, 0.3) is 0 Å². The summed E-state index contributed by atoms with van der Waals surface area (Å²) in [6, 6.07) is 1.72. The van der Waals surface area contributed by atoms with Crippen molar-refractivity contribution in [1.82, 2.24) is 15.4 Å². The molecule has 1 aromatic heterocycles. The van der Waals surface area contributed by atoms with E-state index in [1.54, 1.807) is 18.5 Å². The lowest BCUT2D eigenvalue weighted by Gasteiger charge is -1.68. The summed E-state index contributed by atoms with van der Waals surface area (Å²) < 4.78 is 0. The maximum Gasteiger partial charge on any atom is 0.0529 e. The van der Waals surface area contributed by atoms with E-state index in [1.165, 1.54) is 0 Å². The molecule has 8 heavy (non-hydrogen) atoms. The second kappa shape index (κ2) is 5.93. The van der Waals surface area contributed by atoms with Gasteiger partial charge in [0.05, 0.1) is 12.4 Å². The molecule has 1 heterocycles. The lowest BCUT2D eigenvalue weighted by molar-refractivity contribution is 0.311.